The Labute approximate surface area is 280 Å². The first-order valence-corrected chi connectivity index (χ1v) is 14.7. The average molecular weight is 657 g/mol. The van der Waals surface area contributed by atoms with Crippen LogP contribution in [0.25, 0.3) is 0 Å². The van der Waals surface area contributed by atoms with Crippen LogP contribution in [0.5, 0.6) is 0 Å². The lowest BCUT2D eigenvalue weighted by atomic mass is 10.1. The molecular weight excluding hydrogens is 616 g/mol. The maximum absolute atomic E-state index is 12.2. The highest BCUT2D eigenvalue weighted by atomic mass is 16.5. The van der Waals surface area contributed by atoms with Gasteiger partial charge in [-0.05, 0) is 86.1 Å². The Balaban J connectivity index is 0.000000480. The SMILES string of the molecule is COC(=O)[C@@H](NC(=O)c1ccc(C#CC#CCCO)cc1)[C@@H](C)N.C[C@@H](N)[C@H](NC(=O)c1ccc(C#CC#CCCO)cc1)C(=O)CO. The lowest BCUT2D eigenvalue weighted by molar-refractivity contribution is -0.143. The predicted molar refractivity (Wildman–Crippen MR) is 180 cm³/mol. The molecule has 2 aromatic rings. The number of ether oxygens (including phenoxy) is 1. The molecule has 2 aromatic carbocycles. The number of methoxy groups -OCH3 is 1. The van der Waals surface area contributed by atoms with E-state index in [-0.39, 0.29) is 13.2 Å². The number of benzene rings is 2. The molecular formula is C36H40N4O8. The molecule has 0 aliphatic rings. The molecule has 2 rings (SSSR count). The molecule has 0 saturated carbocycles. The monoisotopic (exact) mass is 656 g/mol. The zero-order valence-corrected chi connectivity index (χ0v) is 27.0. The van der Waals surface area contributed by atoms with Gasteiger partial charge >= 0.3 is 5.97 Å². The van der Waals surface area contributed by atoms with Gasteiger partial charge in [-0.2, -0.15) is 0 Å². The number of hydrogen-bond acceptors (Lipinski definition) is 10. The highest BCUT2D eigenvalue weighted by Gasteiger charge is 2.26. The van der Waals surface area contributed by atoms with Gasteiger partial charge in [0.25, 0.3) is 11.8 Å². The van der Waals surface area contributed by atoms with E-state index in [1.165, 1.54) is 7.11 Å². The second kappa shape index (κ2) is 23.0. The van der Waals surface area contributed by atoms with Crippen molar-refractivity contribution in [3.63, 3.8) is 0 Å². The molecule has 0 aliphatic heterocycles. The van der Waals surface area contributed by atoms with Crippen LogP contribution in [0.4, 0.5) is 0 Å². The van der Waals surface area contributed by atoms with E-state index in [0.717, 1.165) is 0 Å². The molecule has 0 heterocycles. The summed E-state index contributed by atoms with van der Waals surface area (Å²) in [4.78, 5) is 47.5. The zero-order chi connectivity index (χ0) is 35.9. The van der Waals surface area contributed by atoms with Crippen molar-refractivity contribution in [2.75, 3.05) is 26.9 Å². The molecule has 48 heavy (non-hydrogen) atoms. The van der Waals surface area contributed by atoms with Crippen molar-refractivity contribution in [1.82, 2.24) is 10.6 Å². The van der Waals surface area contributed by atoms with Crippen LogP contribution >= 0.6 is 0 Å². The number of nitrogens with two attached hydrogens (primary N) is 2. The largest absolute Gasteiger partial charge is 0.467 e. The second-order valence-electron chi connectivity index (χ2n) is 9.97. The van der Waals surface area contributed by atoms with E-state index in [2.05, 4.69) is 62.7 Å². The first-order valence-electron chi connectivity index (χ1n) is 14.7. The van der Waals surface area contributed by atoms with Crippen LogP contribution in [-0.4, -0.2) is 90.0 Å². The van der Waals surface area contributed by atoms with Crippen molar-refractivity contribution in [3.8, 4) is 47.4 Å². The fraction of sp³-hybridized carbons (Fsp3) is 0.333. The van der Waals surface area contributed by atoms with E-state index >= 15 is 0 Å². The van der Waals surface area contributed by atoms with Crippen LogP contribution in [0.3, 0.4) is 0 Å². The lowest BCUT2D eigenvalue weighted by Crippen LogP contribution is -2.52. The number of carbonyl (C=O) groups is 4. The molecule has 0 aromatic heterocycles. The number of amides is 2. The van der Waals surface area contributed by atoms with Crippen LogP contribution < -0.4 is 22.1 Å². The molecule has 0 bridgehead atoms. The molecule has 12 nitrogen and oxygen atoms in total. The van der Waals surface area contributed by atoms with E-state index in [4.69, 9.17) is 26.8 Å². The summed E-state index contributed by atoms with van der Waals surface area (Å²) >= 11 is 0. The summed E-state index contributed by atoms with van der Waals surface area (Å²) in [6.45, 7) is 2.51. The third-order valence-corrected chi connectivity index (χ3v) is 6.07. The second-order valence-corrected chi connectivity index (χ2v) is 9.97. The van der Waals surface area contributed by atoms with E-state index in [0.29, 0.717) is 35.1 Å². The maximum atomic E-state index is 12.2. The van der Waals surface area contributed by atoms with Gasteiger partial charge in [0.05, 0.1) is 20.3 Å². The predicted octanol–water partition coefficient (Wildman–Crippen LogP) is -0.527. The molecule has 0 unspecified atom stereocenters. The number of carbonyl (C=O) groups excluding carboxylic acids is 4. The van der Waals surface area contributed by atoms with E-state index in [1.54, 1.807) is 62.4 Å². The quantitative estimate of drug-likeness (QED) is 0.121. The minimum absolute atomic E-state index is 0.000314. The molecule has 4 atom stereocenters. The van der Waals surface area contributed by atoms with Crippen molar-refractivity contribution in [3.05, 3.63) is 70.8 Å². The van der Waals surface area contributed by atoms with Crippen LogP contribution in [-0.2, 0) is 14.3 Å². The summed E-state index contributed by atoms with van der Waals surface area (Å²) in [6.07, 6.45) is 0.760. The summed E-state index contributed by atoms with van der Waals surface area (Å²) in [5.41, 5.74) is 13.5. The van der Waals surface area contributed by atoms with Gasteiger partial charge in [-0.1, -0.05) is 23.7 Å². The third kappa shape index (κ3) is 15.2. The standard InChI is InChI=1S/2C18H20N2O4/c1-13(19)16(18(23)24-2)20-17(22)15-10-8-14(9-11-15)7-5-3-4-6-12-21;1-13(19)17(16(23)12-22)20-18(24)15-9-7-14(8-10-15)6-4-2-3-5-11-21/h8-11,13,16,21H,6,12,19H2,1-2H3,(H,20,22);7-10,13,17,21-22H,5,11-12,19H2,1H3,(H,20,24)/t13-,16+;13-,17+/m11/s1. The van der Waals surface area contributed by atoms with Gasteiger partial charge in [-0.3, -0.25) is 14.4 Å². The van der Waals surface area contributed by atoms with Crippen LogP contribution in [0.15, 0.2) is 48.5 Å². The zero-order valence-electron chi connectivity index (χ0n) is 27.0. The summed E-state index contributed by atoms with van der Waals surface area (Å²) in [7, 11) is 1.24. The van der Waals surface area contributed by atoms with Crippen molar-refractivity contribution in [2.24, 2.45) is 11.5 Å². The first kappa shape index (κ1) is 40.6. The van der Waals surface area contributed by atoms with Crippen molar-refractivity contribution < 1.29 is 39.2 Å². The smallest absolute Gasteiger partial charge is 0.329 e. The molecule has 0 fully saturated rings. The summed E-state index contributed by atoms with van der Waals surface area (Å²) in [5.74, 6) is 19.5. The molecule has 0 aliphatic carbocycles. The molecule has 0 radical (unpaired) electrons. The summed E-state index contributed by atoms with van der Waals surface area (Å²) < 4.78 is 4.62. The van der Waals surface area contributed by atoms with Crippen LogP contribution in [0.2, 0.25) is 0 Å². The Morgan fingerprint density at radius 3 is 1.42 bits per heavy atom. The Morgan fingerprint density at radius 1 is 0.688 bits per heavy atom. The van der Waals surface area contributed by atoms with E-state index < -0.39 is 54.3 Å². The van der Waals surface area contributed by atoms with Crippen molar-refractivity contribution >= 4 is 23.6 Å². The highest BCUT2D eigenvalue weighted by Crippen LogP contribution is 2.06. The van der Waals surface area contributed by atoms with Crippen molar-refractivity contribution in [1.29, 1.82) is 0 Å². The summed E-state index contributed by atoms with van der Waals surface area (Å²) in [5, 5.41) is 31.1. The van der Waals surface area contributed by atoms with Crippen LogP contribution in [0, 0.1) is 47.4 Å². The number of hydrogen-bond donors (Lipinski definition) is 7. The van der Waals surface area contributed by atoms with Gasteiger partial charge in [-0.25, -0.2) is 4.79 Å². The number of ketones is 1. The number of rotatable bonds is 11. The molecule has 252 valence electrons. The number of aliphatic hydroxyl groups is 3. The molecule has 2 amide bonds. The Morgan fingerprint density at radius 2 is 1.08 bits per heavy atom. The van der Waals surface area contributed by atoms with E-state index in [1.807, 2.05) is 0 Å². The average Bonchev–Trinajstić information content (AvgIpc) is 3.09. The first-order chi connectivity index (χ1) is 23.0. The number of Topliss-reactive ketones (excluding diaryl/α,β-unsaturated/α-hetero) is 1. The normalized spacial score (nSPS) is 11.9. The van der Waals surface area contributed by atoms with Gasteiger partial charge in [0.15, 0.2) is 5.78 Å². The molecule has 0 spiro atoms. The number of aliphatic hydroxyl groups excluding tert-OH is 3. The maximum Gasteiger partial charge on any atom is 0.329 e. The van der Waals surface area contributed by atoms with Gasteiger partial charge < -0.3 is 42.2 Å². The van der Waals surface area contributed by atoms with Gasteiger partial charge in [-0.15, -0.1) is 0 Å². The van der Waals surface area contributed by atoms with E-state index in [9.17, 15) is 19.2 Å². The van der Waals surface area contributed by atoms with Gasteiger partial charge in [0, 0.05) is 47.2 Å². The molecule has 12 heteroatoms. The van der Waals surface area contributed by atoms with Crippen LogP contribution in [0.1, 0.15) is 58.5 Å². The lowest BCUT2D eigenvalue weighted by Gasteiger charge is -2.20. The minimum atomic E-state index is -0.941. The minimum Gasteiger partial charge on any atom is -0.467 e. The fourth-order valence-corrected chi connectivity index (χ4v) is 3.53. The third-order valence-electron chi connectivity index (χ3n) is 6.07. The Kier molecular flexibility index (Phi) is 19.4. The van der Waals surface area contributed by atoms with Gasteiger partial charge in [0.2, 0.25) is 0 Å². The number of nitrogens with one attached hydrogen (secondary N) is 2. The Bertz CT molecular complexity index is 1500. The topological polar surface area (TPSA) is 214 Å². The fourth-order valence-electron chi connectivity index (χ4n) is 3.53. The highest BCUT2D eigenvalue weighted by molar-refractivity contribution is 5.98. The molecule has 0 saturated heterocycles. The molecule has 9 N–H and O–H groups in total. The van der Waals surface area contributed by atoms with Crippen molar-refractivity contribution in [2.45, 2.75) is 50.9 Å². The van der Waals surface area contributed by atoms with Gasteiger partial charge in [0.1, 0.15) is 18.7 Å². The summed E-state index contributed by atoms with van der Waals surface area (Å²) in [6, 6.07) is 9.95. The Hall–Kier alpha value is -5.44. The number of esters is 1.